The molecule has 2 rings (SSSR count). The molecule has 0 spiro atoms. The Hall–Kier alpha value is -2.50. The van der Waals surface area contributed by atoms with Crippen LogP contribution in [0.1, 0.15) is 31.9 Å². The van der Waals surface area contributed by atoms with Crippen LogP contribution in [0.3, 0.4) is 0 Å². The van der Waals surface area contributed by atoms with Crippen molar-refractivity contribution < 1.29 is 46.5 Å². The highest BCUT2D eigenvalue weighted by atomic mass is 35.5. The Kier molecular flexibility index (Phi) is 7.79. The minimum Gasteiger partial charge on any atom is -0.475 e. The van der Waals surface area contributed by atoms with Gasteiger partial charge in [0.15, 0.2) is 0 Å². The predicted octanol–water partition coefficient (Wildman–Crippen LogP) is 3.89. The Morgan fingerprint density at radius 3 is 2.39 bits per heavy atom. The third kappa shape index (κ3) is 6.49. The Morgan fingerprint density at radius 2 is 1.81 bits per heavy atom. The smallest absolute Gasteiger partial charge is 0.475 e. The average molecular weight is 468 g/mol. The number of rotatable bonds is 6. The second-order valence-electron chi connectivity index (χ2n) is 7.42. The maximum absolute atomic E-state index is 13.6. The third-order valence-electron chi connectivity index (χ3n) is 4.07. The lowest BCUT2D eigenvalue weighted by Gasteiger charge is -2.30. The van der Waals surface area contributed by atoms with E-state index in [1.807, 2.05) is 20.8 Å². The van der Waals surface area contributed by atoms with E-state index >= 15 is 0 Å². The van der Waals surface area contributed by atoms with E-state index in [1.165, 1.54) is 12.1 Å². The quantitative estimate of drug-likeness (QED) is 0.291. The minimum atomic E-state index is -4.91. The highest BCUT2D eigenvalue weighted by Crippen LogP contribution is 2.42. The van der Waals surface area contributed by atoms with Crippen molar-refractivity contribution in [3.63, 3.8) is 0 Å². The van der Waals surface area contributed by atoms with Gasteiger partial charge < -0.3 is 23.8 Å². The molecule has 0 radical (unpaired) electrons. The molecule has 1 aromatic rings. The molecule has 172 valence electrons. The van der Waals surface area contributed by atoms with Crippen LogP contribution in [-0.4, -0.2) is 44.4 Å². The van der Waals surface area contributed by atoms with Gasteiger partial charge in [0.25, 0.3) is 0 Å². The van der Waals surface area contributed by atoms with E-state index < -0.39 is 42.2 Å². The number of nitrogens with two attached hydrogens (primary N) is 1. The second-order valence-corrected chi connectivity index (χ2v) is 7.83. The van der Waals surface area contributed by atoms with Gasteiger partial charge in [0, 0.05) is 10.6 Å². The first kappa shape index (κ1) is 24.8. The molecule has 0 saturated carbocycles. The predicted molar refractivity (Wildman–Crippen MR) is 102 cm³/mol. The van der Waals surface area contributed by atoms with Crippen molar-refractivity contribution in [3.05, 3.63) is 33.9 Å². The van der Waals surface area contributed by atoms with Gasteiger partial charge in [-0.3, -0.25) is 0 Å². The van der Waals surface area contributed by atoms with Crippen LogP contribution in [0.2, 0.25) is 5.02 Å². The number of hydrogen-bond acceptors (Lipinski definition) is 8. The Balaban J connectivity index is 2.21. The molecule has 0 fully saturated rings. The summed E-state index contributed by atoms with van der Waals surface area (Å²) in [6.07, 6.45) is -7.73. The van der Waals surface area contributed by atoms with E-state index in [-0.39, 0.29) is 24.5 Å². The first-order chi connectivity index (χ1) is 14.3. The van der Waals surface area contributed by atoms with Gasteiger partial charge in [-0.25, -0.2) is 15.5 Å². The number of esters is 1. The molecule has 1 aliphatic rings. The molecular formula is C19H21ClF3NO7. The second kappa shape index (κ2) is 9.75. The number of carbonyl (C=O) groups excluding carboxylic acids is 2. The van der Waals surface area contributed by atoms with Crippen LogP contribution in [0, 0.1) is 0 Å². The Morgan fingerprint density at radius 1 is 1.13 bits per heavy atom. The molecule has 0 amide bonds. The van der Waals surface area contributed by atoms with Crippen molar-refractivity contribution in [2.45, 2.75) is 38.5 Å². The van der Waals surface area contributed by atoms with Crippen molar-refractivity contribution >= 4 is 29.8 Å². The highest BCUT2D eigenvalue weighted by Gasteiger charge is 2.49. The molecule has 2 N–H and O–H groups in total. The van der Waals surface area contributed by atoms with Gasteiger partial charge in [0.1, 0.15) is 19.0 Å². The number of carbonyl (C=O) groups is 2. The summed E-state index contributed by atoms with van der Waals surface area (Å²) in [5, 5.41) is 0.303. The molecule has 8 nitrogen and oxygen atoms in total. The normalized spacial score (nSPS) is 16.0. The summed E-state index contributed by atoms with van der Waals surface area (Å²) in [6.45, 7) is 4.23. The van der Waals surface area contributed by atoms with Crippen molar-refractivity contribution in [2.24, 2.45) is 5.90 Å². The van der Waals surface area contributed by atoms with Crippen LogP contribution < -0.4 is 10.6 Å². The zero-order valence-electron chi connectivity index (χ0n) is 16.9. The van der Waals surface area contributed by atoms with E-state index in [4.69, 9.17) is 22.2 Å². The standard InChI is InChI=1S/C19H21ClF3NO7/c1-18(2,3)12-8-14-10(7-13(12)20)6-11(15(31-14)19(21,22)23)16(25)28-9-29-17(26)27-4-5-30-24/h6-8,15H,4-5,9,24H2,1-3H3. The monoisotopic (exact) mass is 467 g/mol. The molecule has 1 aromatic carbocycles. The van der Waals surface area contributed by atoms with E-state index in [0.29, 0.717) is 10.6 Å². The summed E-state index contributed by atoms with van der Waals surface area (Å²) >= 11 is 6.26. The molecule has 1 aliphatic heterocycles. The lowest BCUT2D eigenvalue weighted by Crippen LogP contribution is -2.41. The van der Waals surface area contributed by atoms with Crippen LogP contribution in [-0.2, 0) is 29.3 Å². The summed E-state index contributed by atoms with van der Waals surface area (Å²) in [4.78, 5) is 27.7. The lowest BCUT2D eigenvalue weighted by atomic mass is 9.85. The fourth-order valence-corrected chi connectivity index (χ4v) is 3.09. The number of benzene rings is 1. The van der Waals surface area contributed by atoms with E-state index in [2.05, 4.69) is 19.0 Å². The van der Waals surface area contributed by atoms with Crippen molar-refractivity contribution in [2.75, 3.05) is 20.0 Å². The minimum absolute atomic E-state index is 0.0739. The van der Waals surface area contributed by atoms with E-state index in [1.54, 1.807) is 0 Å². The van der Waals surface area contributed by atoms with Crippen molar-refractivity contribution in [3.8, 4) is 5.75 Å². The van der Waals surface area contributed by atoms with Gasteiger partial charge in [-0.05, 0) is 29.2 Å². The van der Waals surface area contributed by atoms with Crippen molar-refractivity contribution in [1.82, 2.24) is 0 Å². The van der Waals surface area contributed by atoms with Gasteiger partial charge in [-0.1, -0.05) is 32.4 Å². The number of halogens is 4. The van der Waals surface area contributed by atoms with Gasteiger partial charge in [0.2, 0.25) is 12.9 Å². The molecule has 0 aromatic heterocycles. The van der Waals surface area contributed by atoms with Crippen LogP contribution in [0.15, 0.2) is 17.7 Å². The maximum Gasteiger partial charge on any atom is 0.511 e. The molecule has 0 saturated heterocycles. The zero-order valence-corrected chi connectivity index (χ0v) is 17.6. The summed E-state index contributed by atoms with van der Waals surface area (Å²) in [5.41, 5.74) is -0.519. The summed E-state index contributed by atoms with van der Waals surface area (Å²) in [7, 11) is 0. The van der Waals surface area contributed by atoms with Crippen LogP contribution in [0.5, 0.6) is 5.75 Å². The van der Waals surface area contributed by atoms with Crippen LogP contribution >= 0.6 is 11.6 Å². The van der Waals surface area contributed by atoms with Gasteiger partial charge in [0.05, 0.1) is 5.57 Å². The summed E-state index contributed by atoms with van der Waals surface area (Å²) in [5.74, 6) is 3.28. The summed E-state index contributed by atoms with van der Waals surface area (Å²) in [6, 6.07) is 2.82. The average Bonchev–Trinajstić information content (AvgIpc) is 2.65. The van der Waals surface area contributed by atoms with Gasteiger partial charge in [-0.15, -0.1) is 0 Å². The van der Waals surface area contributed by atoms with E-state index in [9.17, 15) is 22.8 Å². The first-order valence-electron chi connectivity index (χ1n) is 8.92. The Labute approximate surface area is 180 Å². The molecule has 31 heavy (non-hydrogen) atoms. The van der Waals surface area contributed by atoms with Crippen LogP contribution in [0.25, 0.3) is 6.08 Å². The van der Waals surface area contributed by atoms with Crippen molar-refractivity contribution in [1.29, 1.82) is 0 Å². The van der Waals surface area contributed by atoms with Crippen LogP contribution in [0.4, 0.5) is 18.0 Å². The lowest BCUT2D eigenvalue weighted by molar-refractivity contribution is -0.189. The molecular weight excluding hydrogens is 447 g/mol. The summed E-state index contributed by atoms with van der Waals surface area (Å²) < 4.78 is 59.3. The first-order valence-corrected chi connectivity index (χ1v) is 9.29. The molecule has 1 heterocycles. The molecule has 0 aliphatic carbocycles. The molecule has 1 unspecified atom stereocenters. The Bertz CT molecular complexity index is 865. The maximum atomic E-state index is 13.6. The molecule has 1 atom stereocenters. The third-order valence-corrected chi connectivity index (χ3v) is 4.38. The number of hydrogen-bond donors (Lipinski definition) is 1. The number of fused-ring (bicyclic) bond motifs is 1. The zero-order chi connectivity index (χ0) is 23.4. The molecule has 12 heteroatoms. The van der Waals surface area contributed by atoms with Gasteiger partial charge in [-0.2, -0.15) is 13.2 Å². The highest BCUT2D eigenvalue weighted by molar-refractivity contribution is 6.31. The fraction of sp³-hybridized carbons (Fsp3) is 0.474. The number of ether oxygens (including phenoxy) is 4. The molecule has 0 bridgehead atoms. The number of alkyl halides is 3. The van der Waals surface area contributed by atoms with Gasteiger partial charge >= 0.3 is 18.3 Å². The topological polar surface area (TPSA) is 106 Å². The largest absolute Gasteiger partial charge is 0.511 e. The fourth-order valence-electron chi connectivity index (χ4n) is 2.63. The van der Waals surface area contributed by atoms with E-state index in [0.717, 1.165) is 6.08 Å². The SMILES string of the molecule is CC(C)(C)c1cc2c(cc1Cl)C=C(C(=O)OCOC(=O)OCCON)C(C(F)(F)F)O2.